The Bertz CT molecular complexity index is 1660. The van der Waals surface area contributed by atoms with Gasteiger partial charge in [0.15, 0.2) is 6.10 Å². The first-order chi connectivity index (χ1) is 19.5. The molecule has 3 aromatic carbocycles. The maximum Gasteiger partial charge on any atom is 0.339 e. The smallest absolute Gasteiger partial charge is 0.339 e. The minimum absolute atomic E-state index is 0.376. The molecule has 4 rings (SSSR count). The van der Waals surface area contributed by atoms with Crippen LogP contribution in [0.15, 0.2) is 30.3 Å². The van der Waals surface area contributed by atoms with Crippen molar-refractivity contribution >= 4 is 33.3 Å². The van der Waals surface area contributed by atoms with Crippen molar-refractivity contribution in [2.45, 2.75) is 73.0 Å². The summed E-state index contributed by atoms with van der Waals surface area (Å²) in [6.45, 7) is 14.0. The summed E-state index contributed by atoms with van der Waals surface area (Å²) in [7, 11) is -2.39. The first-order valence-corrected chi connectivity index (χ1v) is 16.2. The van der Waals surface area contributed by atoms with Crippen LogP contribution in [0.2, 0.25) is 5.02 Å². The monoisotopic (exact) mass is 613 g/mol. The van der Waals surface area contributed by atoms with Crippen LogP contribution in [-0.4, -0.2) is 40.0 Å². The molecule has 0 aromatic heterocycles. The van der Waals surface area contributed by atoms with E-state index in [1.807, 2.05) is 65.8 Å². The molecule has 42 heavy (non-hydrogen) atoms. The Hall–Kier alpha value is -3.07. The van der Waals surface area contributed by atoms with Gasteiger partial charge in [-0.3, -0.25) is 4.72 Å². The number of benzene rings is 3. The lowest BCUT2D eigenvalue weighted by Gasteiger charge is -2.32. The molecule has 3 aromatic rings. The molecule has 1 N–H and O–H groups in total. The van der Waals surface area contributed by atoms with E-state index >= 15 is 0 Å². The zero-order valence-electron chi connectivity index (χ0n) is 25.8. The van der Waals surface area contributed by atoms with Gasteiger partial charge in [-0.1, -0.05) is 23.7 Å². The summed E-state index contributed by atoms with van der Waals surface area (Å²) in [4.78, 5) is 13.5. The Balaban J connectivity index is 2.22. The van der Waals surface area contributed by atoms with Crippen LogP contribution in [0.4, 0.5) is 5.69 Å². The van der Waals surface area contributed by atoms with E-state index in [1.165, 1.54) is 7.11 Å². The molecule has 9 heteroatoms. The molecule has 7 nitrogen and oxygen atoms in total. The number of sulfonamides is 1. The molecule has 0 unspecified atom stereocenters. The summed E-state index contributed by atoms with van der Waals surface area (Å²) < 4.78 is 45.9. The molecule has 0 radical (unpaired) electrons. The molecule has 1 heterocycles. The Labute approximate surface area is 254 Å². The molecule has 0 saturated heterocycles. The summed E-state index contributed by atoms with van der Waals surface area (Å²) >= 11 is 6.39. The van der Waals surface area contributed by atoms with Crippen molar-refractivity contribution in [2.24, 2.45) is 0 Å². The fraction of sp³-hybridized carbons (Fsp3) is 0.424. The van der Waals surface area contributed by atoms with E-state index in [9.17, 15) is 13.2 Å². The molecule has 0 spiro atoms. The van der Waals surface area contributed by atoms with Gasteiger partial charge in [-0.15, -0.1) is 0 Å². The van der Waals surface area contributed by atoms with Crippen LogP contribution in [-0.2, 0) is 30.7 Å². The number of hydrogen-bond donors (Lipinski definition) is 1. The van der Waals surface area contributed by atoms with Crippen LogP contribution in [0.1, 0.15) is 66.7 Å². The predicted octanol–water partition coefficient (Wildman–Crippen LogP) is 7.63. The van der Waals surface area contributed by atoms with Crippen LogP contribution >= 0.6 is 11.6 Å². The van der Waals surface area contributed by atoms with Crippen molar-refractivity contribution in [1.29, 1.82) is 0 Å². The Morgan fingerprint density at radius 3 is 2.31 bits per heavy atom. The van der Waals surface area contributed by atoms with Gasteiger partial charge >= 0.3 is 5.97 Å². The summed E-state index contributed by atoms with van der Waals surface area (Å²) in [6, 6.07) is 9.61. The van der Waals surface area contributed by atoms with Crippen LogP contribution < -0.4 is 9.46 Å². The molecular formula is C33H40ClNO6S. The predicted molar refractivity (Wildman–Crippen MR) is 169 cm³/mol. The van der Waals surface area contributed by atoms with Gasteiger partial charge in [0.05, 0.1) is 31.3 Å². The van der Waals surface area contributed by atoms with Crippen molar-refractivity contribution in [3.63, 3.8) is 0 Å². The highest BCUT2D eigenvalue weighted by Crippen LogP contribution is 2.49. The van der Waals surface area contributed by atoms with E-state index in [4.69, 9.17) is 25.8 Å². The average Bonchev–Trinajstić information content (AvgIpc) is 2.90. The molecule has 0 aliphatic carbocycles. The van der Waals surface area contributed by atoms with Crippen molar-refractivity contribution < 1.29 is 27.4 Å². The Morgan fingerprint density at radius 1 is 1.02 bits per heavy atom. The van der Waals surface area contributed by atoms with E-state index in [0.717, 1.165) is 63.8 Å². The zero-order chi connectivity index (χ0) is 31.1. The molecular weight excluding hydrogens is 574 g/mol. The van der Waals surface area contributed by atoms with E-state index in [-0.39, 0.29) is 0 Å². The van der Waals surface area contributed by atoms with Gasteiger partial charge in [-0.2, -0.15) is 0 Å². The fourth-order valence-corrected chi connectivity index (χ4v) is 6.48. The molecule has 226 valence electrons. The maximum absolute atomic E-state index is 13.5. The number of hydrogen-bond acceptors (Lipinski definition) is 6. The largest absolute Gasteiger partial charge is 0.493 e. The average molecular weight is 614 g/mol. The van der Waals surface area contributed by atoms with E-state index < -0.39 is 27.7 Å². The van der Waals surface area contributed by atoms with Crippen molar-refractivity contribution in [1.82, 2.24) is 0 Å². The molecule has 0 saturated carbocycles. The second-order valence-corrected chi connectivity index (χ2v) is 14.1. The van der Waals surface area contributed by atoms with Crippen LogP contribution in [0, 0.1) is 27.7 Å². The summed E-state index contributed by atoms with van der Waals surface area (Å²) in [6.07, 6.45) is 1.77. The number of rotatable bonds is 7. The molecule has 0 fully saturated rings. The van der Waals surface area contributed by atoms with Crippen LogP contribution in [0.25, 0.3) is 22.3 Å². The van der Waals surface area contributed by atoms with Gasteiger partial charge in [-0.05, 0) is 124 Å². The first-order valence-electron chi connectivity index (χ1n) is 14.0. The fourth-order valence-electron chi connectivity index (χ4n) is 5.74. The quantitative estimate of drug-likeness (QED) is 0.275. The van der Waals surface area contributed by atoms with Crippen LogP contribution in [0.5, 0.6) is 5.75 Å². The Kier molecular flexibility index (Phi) is 9.03. The third kappa shape index (κ3) is 6.46. The summed E-state index contributed by atoms with van der Waals surface area (Å²) in [5, 5.41) is 0.609. The van der Waals surface area contributed by atoms with Gasteiger partial charge in [0.1, 0.15) is 5.75 Å². The second kappa shape index (κ2) is 11.9. The number of aryl methyl sites for hydroxylation is 1. The van der Waals surface area contributed by atoms with E-state index in [2.05, 4.69) is 11.6 Å². The standard InChI is InChI=1S/C33H40ClNO6S/c1-18-17-22(12-14-25(18)34)27-20(3)28(24-13-15-26-23(19(24)2)11-10-16-40-26)29(21(4)30(27)35-42(9,37)38)31(32(36)39-8)41-33(5,6)7/h12-15,17,31,35H,10-11,16H2,1-9H3/t31-/m0/s1. The number of methoxy groups -OCH3 is 1. The maximum atomic E-state index is 13.5. The van der Waals surface area contributed by atoms with Gasteiger partial charge < -0.3 is 14.2 Å². The lowest BCUT2D eigenvalue weighted by atomic mass is 9.80. The first kappa shape index (κ1) is 31.9. The highest BCUT2D eigenvalue weighted by atomic mass is 35.5. The number of ether oxygens (including phenoxy) is 3. The van der Waals surface area contributed by atoms with Gasteiger partial charge in [0, 0.05) is 16.1 Å². The highest BCUT2D eigenvalue weighted by molar-refractivity contribution is 7.92. The van der Waals surface area contributed by atoms with E-state index in [1.54, 1.807) is 6.07 Å². The number of carbonyl (C=O) groups excluding carboxylic acids is 1. The minimum Gasteiger partial charge on any atom is -0.493 e. The zero-order valence-corrected chi connectivity index (χ0v) is 27.4. The number of esters is 1. The van der Waals surface area contributed by atoms with Gasteiger partial charge in [-0.25, -0.2) is 13.2 Å². The molecule has 0 amide bonds. The molecule has 0 bridgehead atoms. The topological polar surface area (TPSA) is 90.9 Å². The van der Waals surface area contributed by atoms with Gasteiger partial charge in [0.2, 0.25) is 10.0 Å². The normalized spacial score (nSPS) is 14.1. The summed E-state index contributed by atoms with van der Waals surface area (Å²) in [5.74, 6) is 0.283. The lowest BCUT2D eigenvalue weighted by Crippen LogP contribution is -2.30. The number of nitrogens with one attached hydrogen (secondary N) is 1. The minimum atomic E-state index is -3.72. The molecule has 1 atom stereocenters. The molecule has 1 aliphatic heterocycles. The highest BCUT2D eigenvalue weighted by Gasteiger charge is 2.36. The van der Waals surface area contributed by atoms with E-state index in [0.29, 0.717) is 34.0 Å². The number of fused-ring (bicyclic) bond motifs is 1. The molecule has 1 aliphatic rings. The number of anilines is 1. The van der Waals surface area contributed by atoms with Crippen molar-refractivity contribution in [2.75, 3.05) is 24.7 Å². The van der Waals surface area contributed by atoms with Gasteiger partial charge in [0.25, 0.3) is 0 Å². The van der Waals surface area contributed by atoms with Crippen molar-refractivity contribution in [3.8, 4) is 28.0 Å². The third-order valence-corrected chi connectivity index (χ3v) is 8.58. The van der Waals surface area contributed by atoms with Crippen molar-refractivity contribution in [3.05, 3.63) is 68.7 Å². The third-order valence-electron chi connectivity index (χ3n) is 7.58. The van der Waals surface area contributed by atoms with Crippen LogP contribution in [0.3, 0.4) is 0 Å². The number of halogens is 1. The Morgan fingerprint density at radius 2 is 1.71 bits per heavy atom. The lowest BCUT2D eigenvalue weighted by molar-refractivity contribution is -0.164. The summed E-state index contributed by atoms with van der Waals surface area (Å²) in [5.41, 5.74) is 7.78. The SMILES string of the molecule is COC(=O)[C@@H](OC(C)(C)C)c1c(C)c(NS(C)(=O)=O)c(-c2ccc(Cl)c(C)c2)c(C)c1-c1ccc2c(c1C)CCCO2. The number of carbonyl (C=O) groups is 1. The second-order valence-electron chi connectivity index (χ2n) is 11.9.